The molecule has 0 saturated carbocycles. The first kappa shape index (κ1) is 11.6. The standard InChI is InChI=1S/C8H16N2O3S/c1-14(12)5-3-10-8(11)7-6-13-4-2-9-7/h7,9H,2-6H2,1H3,(H,10,11). The Bertz CT molecular complexity index is 217. The summed E-state index contributed by atoms with van der Waals surface area (Å²) in [6.07, 6.45) is 1.62. The van der Waals surface area contributed by atoms with Crippen LogP contribution in [0.2, 0.25) is 0 Å². The molecule has 1 amide bonds. The first-order valence-corrected chi connectivity index (χ1v) is 6.31. The van der Waals surface area contributed by atoms with E-state index < -0.39 is 10.8 Å². The van der Waals surface area contributed by atoms with Crippen LogP contribution in [0.3, 0.4) is 0 Å². The van der Waals surface area contributed by atoms with Crippen LogP contribution in [0.1, 0.15) is 0 Å². The molecule has 1 rings (SSSR count). The lowest BCUT2D eigenvalue weighted by molar-refractivity contribution is -0.125. The van der Waals surface area contributed by atoms with Gasteiger partial charge in [0.15, 0.2) is 0 Å². The molecule has 2 N–H and O–H groups in total. The van der Waals surface area contributed by atoms with Crippen LogP contribution in [0.25, 0.3) is 0 Å². The average molecular weight is 220 g/mol. The van der Waals surface area contributed by atoms with Crippen molar-refractivity contribution < 1.29 is 13.7 Å². The van der Waals surface area contributed by atoms with Gasteiger partial charge < -0.3 is 15.4 Å². The zero-order valence-electron chi connectivity index (χ0n) is 8.25. The molecular formula is C8H16N2O3S. The predicted octanol–water partition coefficient (Wildman–Crippen LogP) is -1.53. The average Bonchev–Trinajstić information content (AvgIpc) is 2.18. The Balaban J connectivity index is 2.16. The highest BCUT2D eigenvalue weighted by molar-refractivity contribution is 7.84. The molecule has 0 spiro atoms. The van der Waals surface area contributed by atoms with Crippen molar-refractivity contribution in [3.05, 3.63) is 0 Å². The van der Waals surface area contributed by atoms with Crippen LogP contribution < -0.4 is 10.6 Å². The number of rotatable bonds is 4. The summed E-state index contributed by atoms with van der Waals surface area (Å²) >= 11 is 0. The minimum Gasteiger partial charge on any atom is -0.378 e. The molecule has 2 atom stereocenters. The van der Waals surface area contributed by atoms with Gasteiger partial charge in [-0.2, -0.15) is 0 Å². The second-order valence-electron chi connectivity index (χ2n) is 3.15. The summed E-state index contributed by atoms with van der Waals surface area (Å²) in [7, 11) is -0.853. The Morgan fingerprint density at radius 1 is 1.71 bits per heavy atom. The van der Waals surface area contributed by atoms with E-state index in [2.05, 4.69) is 10.6 Å². The molecule has 0 aromatic carbocycles. The summed E-state index contributed by atoms with van der Waals surface area (Å²) < 4.78 is 15.9. The summed E-state index contributed by atoms with van der Waals surface area (Å²) in [5.41, 5.74) is 0. The summed E-state index contributed by atoms with van der Waals surface area (Å²) in [5.74, 6) is 0.425. The molecule has 5 nitrogen and oxygen atoms in total. The fraction of sp³-hybridized carbons (Fsp3) is 0.875. The maximum absolute atomic E-state index is 11.4. The first-order valence-electron chi connectivity index (χ1n) is 4.59. The van der Waals surface area contributed by atoms with Crippen molar-refractivity contribution in [2.75, 3.05) is 38.3 Å². The Labute approximate surface area is 86.0 Å². The fourth-order valence-electron chi connectivity index (χ4n) is 1.17. The Morgan fingerprint density at radius 3 is 3.07 bits per heavy atom. The number of hydrogen-bond acceptors (Lipinski definition) is 4. The molecule has 82 valence electrons. The normalized spacial score (nSPS) is 24.2. The van der Waals surface area contributed by atoms with Gasteiger partial charge in [-0.15, -0.1) is 0 Å². The molecule has 2 unspecified atom stereocenters. The maximum Gasteiger partial charge on any atom is 0.239 e. The van der Waals surface area contributed by atoms with E-state index in [9.17, 15) is 9.00 Å². The van der Waals surface area contributed by atoms with E-state index in [1.165, 1.54) is 0 Å². The van der Waals surface area contributed by atoms with Gasteiger partial charge in [0, 0.05) is 35.9 Å². The summed E-state index contributed by atoms with van der Waals surface area (Å²) in [4.78, 5) is 11.4. The van der Waals surface area contributed by atoms with Crippen LogP contribution in [-0.4, -0.2) is 54.5 Å². The lowest BCUT2D eigenvalue weighted by Gasteiger charge is -2.22. The number of amides is 1. The third kappa shape index (κ3) is 4.17. The minimum atomic E-state index is -0.853. The smallest absolute Gasteiger partial charge is 0.239 e. The van der Waals surface area contributed by atoms with Gasteiger partial charge in [0.25, 0.3) is 0 Å². The third-order valence-corrected chi connectivity index (χ3v) is 2.71. The largest absolute Gasteiger partial charge is 0.378 e. The van der Waals surface area contributed by atoms with Gasteiger partial charge in [-0.25, -0.2) is 0 Å². The predicted molar refractivity (Wildman–Crippen MR) is 54.6 cm³/mol. The fourth-order valence-corrected chi connectivity index (χ4v) is 1.56. The number of morpholine rings is 1. The number of hydrogen-bond donors (Lipinski definition) is 2. The second-order valence-corrected chi connectivity index (χ2v) is 4.70. The SMILES string of the molecule is CS(=O)CCNC(=O)C1COCCN1. The second kappa shape index (κ2) is 6.10. The minimum absolute atomic E-state index is 0.0739. The monoisotopic (exact) mass is 220 g/mol. The lowest BCUT2D eigenvalue weighted by Crippen LogP contribution is -2.51. The quantitative estimate of drug-likeness (QED) is 0.603. The molecular weight excluding hydrogens is 204 g/mol. The molecule has 1 aliphatic heterocycles. The molecule has 6 heteroatoms. The summed E-state index contributed by atoms with van der Waals surface area (Å²) in [6, 6.07) is -0.256. The van der Waals surface area contributed by atoms with Crippen LogP contribution in [0.15, 0.2) is 0 Å². The van der Waals surface area contributed by atoms with Crippen molar-refractivity contribution in [1.82, 2.24) is 10.6 Å². The zero-order valence-corrected chi connectivity index (χ0v) is 9.06. The number of carbonyl (C=O) groups is 1. The van der Waals surface area contributed by atoms with Crippen LogP contribution in [-0.2, 0) is 20.3 Å². The van der Waals surface area contributed by atoms with Crippen LogP contribution >= 0.6 is 0 Å². The number of carbonyl (C=O) groups excluding carboxylic acids is 1. The maximum atomic E-state index is 11.4. The highest BCUT2D eigenvalue weighted by atomic mass is 32.2. The summed E-state index contributed by atoms with van der Waals surface area (Å²) in [6.45, 7) is 2.24. The topological polar surface area (TPSA) is 67.4 Å². The van der Waals surface area contributed by atoms with Crippen molar-refractivity contribution in [1.29, 1.82) is 0 Å². The van der Waals surface area contributed by atoms with E-state index >= 15 is 0 Å². The van der Waals surface area contributed by atoms with Crippen molar-refractivity contribution >= 4 is 16.7 Å². The van der Waals surface area contributed by atoms with Crippen molar-refractivity contribution in [2.24, 2.45) is 0 Å². The zero-order chi connectivity index (χ0) is 10.4. The molecule has 0 aromatic rings. The molecule has 0 aromatic heterocycles. The van der Waals surface area contributed by atoms with Crippen molar-refractivity contribution in [3.8, 4) is 0 Å². The van der Waals surface area contributed by atoms with Gasteiger partial charge in [0.05, 0.1) is 13.2 Å². The van der Waals surface area contributed by atoms with E-state index in [1.54, 1.807) is 6.26 Å². The highest BCUT2D eigenvalue weighted by Crippen LogP contribution is 1.92. The Kier molecular flexibility index (Phi) is 5.06. The lowest BCUT2D eigenvalue weighted by atomic mass is 10.2. The van der Waals surface area contributed by atoms with Crippen molar-refractivity contribution in [2.45, 2.75) is 6.04 Å². The van der Waals surface area contributed by atoms with E-state index in [4.69, 9.17) is 4.74 Å². The molecule has 14 heavy (non-hydrogen) atoms. The Hall–Kier alpha value is -0.460. The highest BCUT2D eigenvalue weighted by Gasteiger charge is 2.20. The molecule has 0 bridgehead atoms. The van der Waals surface area contributed by atoms with Crippen LogP contribution in [0.5, 0.6) is 0 Å². The van der Waals surface area contributed by atoms with E-state index in [0.29, 0.717) is 32.1 Å². The third-order valence-electron chi connectivity index (χ3n) is 1.93. The molecule has 0 radical (unpaired) electrons. The summed E-state index contributed by atoms with van der Waals surface area (Å²) in [5, 5.41) is 5.75. The molecule has 1 aliphatic rings. The van der Waals surface area contributed by atoms with Crippen LogP contribution in [0.4, 0.5) is 0 Å². The first-order chi connectivity index (χ1) is 6.70. The molecule has 0 aliphatic carbocycles. The Morgan fingerprint density at radius 2 is 2.50 bits per heavy atom. The van der Waals surface area contributed by atoms with Gasteiger partial charge in [-0.05, 0) is 0 Å². The van der Waals surface area contributed by atoms with E-state index in [0.717, 1.165) is 0 Å². The van der Waals surface area contributed by atoms with E-state index in [-0.39, 0.29) is 11.9 Å². The van der Waals surface area contributed by atoms with Gasteiger partial charge >= 0.3 is 0 Å². The van der Waals surface area contributed by atoms with Crippen LogP contribution in [0, 0.1) is 0 Å². The number of nitrogens with one attached hydrogen (secondary N) is 2. The number of ether oxygens (including phenoxy) is 1. The van der Waals surface area contributed by atoms with Gasteiger partial charge in [0.2, 0.25) is 5.91 Å². The van der Waals surface area contributed by atoms with Gasteiger partial charge in [-0.1, -0.05) is 0 Å². The van der Waals surface area contributed by atoms with Crippen molar-refractivity contribution in [3.63, 3.8) is 0 Å². The molecule has 1 fully saturated rings. The van der Waals surface area contributed by atoms with Gasteiger partial charge in [-0.3, -0.25) is 9.00 Å². The molecule has 1 saturated heterocycles. The van der Waals surface area contributed by atoms with Gasteiger partial charge in [0.1, 0.15) is 6.04 Å². The molecule has 1 heterocycles. The van der Waals surface area contributed by atoms with E-state index in [1.807, 2.05) is 0 Å².